The summed E-state index contributed by atoms with van der Waals surface area (Å²) in [5.74, 6) is 1.33. The molecule has 0 atom stereocenters. The van der Waals surface area contributed by atoms with Crippen molar-refractivity contribution in [2.24, 2.45) is 10.9 Å². The number of hydrogen-bond donors (Lipinski definition) is 2. The predicted molar refractivity (Wildman–Crippen MR) is 82.5 cm³/mol. The van der Waals surface area contributed by atoms with Crippen LogP contribution in [0.1, 0.15) is 23.1 Å². The van der Waals surface area contributed by atoms with Gasteiger partial charge < -0.3 is 15.7 Å². The van der Waals surface area contributed by atoms with E-state index in [1.807, 2.05) is 6.07 Å². The predicted octanol–water partition coefficient (Wildman–Crippen LogP) is 3.72. The van der Waals surface area contributed by atoms with Gasteiger partial charge in [0.1, 0.15) is 11.5 Å². The minimum atomic E-state index is 0.0148. The van der Waals surface area contributed by atoms with Crippen molar-refractivity contribution in [1.82, 2.24) is 0 Å². The fraction of sp³-hybridized carbons (Fsp3) is 0.188. The van der Waals surface area contributed by atoms with Crippen molar-refractivity contribution in [3.63, 3.8) is 0 Å². The van der Waals surface area contributed by atoms with Gasteiger partial charge in [-0.3, -0.25) is 0 Å². The van der Waals surface area contributed by atoms with Gasteiger partial charge in [-0.25, -0.2) is 0 Å². The highest BCUT2D eigenvalue weighted by Gasteiger charge is 2.12. The molecule has 0 saturated heterocycles. The Balaban J connectivity index is 1.85. The van der Waals surface area contributed by atoms with Gasteiger partial charge in [0.15, 0.2) is 5.84 Å². The van der Waals surface area contributed by atoms with E-state index >= 15 is 0 Å². The van der Waals surface area contributed by atoms with Crippen molar-refractivity contribution in [3.05, 3.63) is 58.1 Å². The molecule has 21 heavy (non-hydrogen) atoms. The standard InChI is InChI=1S/C16H15ClN2O2/c17-14-9-12(16(18)19-20)5-7-15(14)21-13-6-4-10-2-1-3-11(10)8-13/h4-9,20H,1-3H2,(H2,18,19). The molecule has 0 heterocycles. The van der Waals surface area contributed by atoms with Crippen molar-refractivity contribution >= 4 is 17.4 Å². The first-order valence-electron chi connectivity index (χ1n) is 6.74. The van der Waals surface area contributed by atoms with Crippen LogP contribution < -0.4 is 10.5 Å². The summed E-state index contributed by atoms with van der Waals surface area (Å²) < 4.78 is 5.83. The lowest BCUT2D eigenvalue weighted by molar-refractivity contribution is 0.318. The van der Waals surface area contributed by atoms with Gasteiger partial charge in [0.05, 0.1) is 5.02 Å². The number of benzene rings is 2. The van der Waals surface area contributed by atoms with Crippen LogP contribution in [0, 0.1) is 0 Å². The molecule has 2 aromatic carbocycles. The number of nitrogens with two attached hydrogens (primary N) is 1. The van der Waals surface area contributed by atoms with Gasteiger partial charge in [0.2, 0.25) is 0 Å². The second-order valence-corrected chi connectivity index (χ2v) is 5.42. The Morgan fingerprint density at radius 1 is 1.14 bits per heavy atom. The number of rotatable bonds is 3. The van der Waals surface area contributed by atoms with Crippen molar-refractivity contribution in [3.8, 4) is 11.5 Å². The summed E-state index contributed by atoms with van der Waals surface area (Å²) in [7, 11) is 0. The van der Waals surface area contributed by atoms with Crippen molar-refractivity contribution < 1.29 is 9.94 Å². The van der Waals surface area contributed by atoms with Crippen LogP contribution in [0.3, 0.4) is 0 Å². The number of ether oxygens (including phenoxy) is 1. The maximum absolute atomic E-state index is 8.66. The van der Waals surface area contributed by atoms with E-state index in [1.165, 1.54) is 17.5 Å². The Hall–Kier alpha value is -2.20. The first kappa shape index (κ1) is 13.8. The molecule has 0 radical (unpaired) electrons. The van der Waals surface area contributed by atoms with E-state index in [0.717, 1.165) is 18.6 Å². The molecule has 4 nitrogen and oxygen atoms in total. The van der Waals surface area contributed by atoms with Crippen molar-refractivity contribution in [2.45, 2.75) is 19.3 Å². The Morgan fingerprint density at radius 2 is 1.95 bits per heavy atom. The first-order valence-corrected chi connectivity index (χ1v) is 7.12. The lowest BCUT2D eigenvalue weighted by Gasteiger charge is -2.10. The summed E-state index contributed by atoms with van der Waals surface area (Å²) >= 11 is 6.18. The zero-order valence-corrected chi connectivity index (χ0v) is 12.1. The minimum absolute atomic E-state index is 0.0148. The Labute approximate surface area is 127 Å². The third kappa shape index (κ3) is 2.81. The summed E-state index contributed by atoms with van der Waals surface area (Å²) in [5.41, 5.74) is 8.82. The molecule has 1 aliphatic rings. The number of nitrogens with zero attached hydrogens (tertiary/aromatic N) is 1. The molecule has 108 valence electrons. The number of aryl methyl sites for hydroxylation is 2. The molecule has 0 bridgehead atoms. The summed E-state index contributed by atoms with van der Waals surface area (Å²) in [4.78, 5) is 0. The minimum Gasteiger partial charge on any atom is -0.456 e. The zero-order chi connectivity index (χ0) is 14.8. The lowest BCUT2D eigenvalue weighted by atomic mass is 10.1. The summed E-state index contributed by atoms with van der Waals surface area (Å²) in [6.45, 7) is 0. The molecule has 0 aromatic heterocycles. The Bertz CT molecular complexity index is 713. The number of amidine groups is 1. The van der Waals surface area contributed by atoms with E-state index in [2.05, 4.69) is 17.3 Å². The fourth-order valence-corrected chi connectivity index (χ4v) is 2.76. The Kier molecular flexibility index (Phi) is 3.71. The quantitative estimate of drug-likeness (QED) is 0.393. The zero-order valence-electron chi connectivity index (χ0n) is 11.3. The van der Waals surface area contributed by atoms with Gasteiger partial charge in [0, 0.05) is 5.56 Å². The van der Waals surface area contributed by atoms with Gasteiger partial charge in [-0.05, 0) is 60.7 Å². The van der Waals surface area contributed by atoms with Crippen LogP contribution in [0.2, 0.25) is 5.02 Å². The van der Waals surface area contributed by atoms with Crippen LogP contribution in [0.15, 0.2) is 41.6 Å². The number of halogens is 1. The number of hydrogen-bond acceptors (Lipinski definition) is 3. The second-order valence-electron chi connectivity index (χ2n) is 5.02. The fourth-order valence-electron chi connectivity index (χ4n) is 2.54. The van der Waals surface area contributed by atoms with Gasteiger partial charge >= 0.3 is 0 Å². The number of fused-ring (bicyclic) bond motifs is 1. The van der Waals surface area contributed by atoms with Crippen molar-refractivity contribution in [1.29, 1.82) is 0 Å². The third-order valence-electron chi connectivity index (χ3n) is 3.63. The highest BCUT2D eigenvalue weighted by molar-refractivity contribution is 6.32. The second kappa shape index (κ2) is 5.66. The first-order chi connectivity index (χ1) is 10.2. The normalized spacial score (nSPS) is 14.0. The summed E-state index contributed by atoms with van der Waals surface area (Å²) in [6, 6.07) is 11.1. The molecule has 0 fully saturated rings. The highest BCUT2D eigenvalue weighted by Crippen LogP contribution is 2.32. The average Bonchev–Trinajstić information content (AvgIpc) is 2.96. The molecule has 1 aliphatic carbocycles. The average molecular weight is 303 g/mol. The molecule has 0 saturated carbocycles. The molecule has 3 N–H and O–H groups in total. The van der Waals surface area contributed by atoms with E-state index < -0.39 is 0 Å². The van der Waals surface area contributed by atoms with E-state index in [-0.39, 0.29) is 5.84 Å². The highest BCUT2D eigenvalue weighted by atomic mass is 35.5. The summed E-state index contributed by atoms with van der Waals surface area (Å²) in [6.07, 6.45) is 3.45. The number of oxime groups is 1. The van der Waals surface area contributed by atoms with Crippen LogP contribution in [0.25, 0.3) is 0 Å². The topological polar surface area (TPSA) is 67.8 Å². The SMILES string of the molecule is NC(=NO)c1ccc(Oc2ccc3c(c2)CCC3)c(Cl)c1. The van der Waals surface area contributed by atoms with Gasteiger partial charge in [0.25, 0.3) is 0 Å². The summed E-state index contributed by atoms with van der Waals surface area (Å²) in [5, 5.41) is 12.0. The van der Waals surface area contributed by atoms with Gasteiger partial charge in [-0.1, -0.05) is 22.8 Å². The van der Waals surface area contributed by atoms with Gasteiger partial charge in [-0.2, -0.15) is 0 Å². The van der Waals surface area contributed by atoms with E-state index in [4.69, 9.17) is 27.3 Å². The van der Waals surface area contributed by atoms with Gasteiger partial charge in [-0.15, -0.1) is 0 Å². The smallest absolute Gasteiger partial charge is 0.170 e. The molecule has 0 unspecified atom stereocenters. The van der Waals surface area contributed by atoms with Crippen LogP contribution in [0.4, 0.5) is 0 Å². The van der Waals surface area contributed by atoms with E-state index in [0.29, 0.717) is 16.3 Å². The van der Waals surface area contributed by atoms with Crippen LogP contribution in [-0.4, -0.2) is 11.0 Å². The molecular formula is C16H15ClN2O2. The van der Waals surface area contributed by atoms with Crippen LogP contribution in [-0.2, 0) is 12.8 Å². The monoisotopic (exact) mass is 302 g/mol. The maximum Gasteiger partial charge on any atom is 0.170 e. The van der Waals surface area contributed by atoms with Crippen LogP contribution in [0.5, 0.6) is 11.5 Å². The third-order valence-corrected chi connectivity index (χ3v) is 3.93. The maximum atomic E-state index is 8.66. The molecule has 5 heteroatoms. The molecular weight excluding hydrogens is 288 g/mol. The largest absolute Gasteiger partial charge is 0.456 e. The van der Waals surface area contributed by atoms with E-state index in [1.54, 1.807) is 18.2 Å². The molecule has 0 aliphatic heterocycles. The van der Waals surface area contributed by atoms with E-state index in [9.17, 15) is 0 Å². The molecule has 0 spiro atoms. The van der Waals surface area contributed by atoms with Crippen LogP contribution >= 0.6 is 11.6 Å². The Morgan fingerprint density at radius 3 is 2.71 bits per heavy atom. The van der Waals surface area contributed by atoms with Crippen molar-refractivity contribution in [2.75, 3.05) is 0 Å². The molecule has 2 aromatic rings. The molecule has 0 amide bonds. The molecule has 3 rings (SSSR count). The lowest BCUT2D eigenvalue weighted by Crippen LogP contribution is -2.12.